The summed E-state index contributed by atoms with van der Waals surface area (Å²) in [5.41, 5.74) is 1.29. The predicted molar refractivity (Wildman–Crippen MR) is 68.8 cm³/mol. The van der Waals surface area contributed by atoms with Crippen LogP contribution in [0.25, 0.3) is 0 Å². The summed E-state index contributed by atoms with van der Waals surface area (Å²) in [4.78, 5) is 1.14. The molecule has 0 N–H and O–H groups in total. The van der Waals surface area contributed by atoms with Crippen molar-refractivity contribution in [2.75, 3.05) is 6.61 Å². The van der Waals surface area contributed by atoms with Gasteiger partial charge in [0.25, 0.3) is 0 Å². The highest BCUT2D eigenvalue weighted by atomic mass is 32.1. The maximum Gasteiger partial charge on any atom is 0.108 e. The van der Waals surface area contributed by atoms with Crippen LogP contribution >= 0.6 is 11.3 Å². The number of rotatable bonds is 2. The van der Waals surface area contributed by atoms with Crippen molar-refractivity contribution in [3.63, 3.8) is 0 Å². The van der Waals surface area contributed by atoms with Gasteiger partial charge in [-0.05, 0) is 36.8 Å². The average Bonchev–Trinajstić information content (AvgIpc) is 2.72. The maximum atomic E-state index is 5.74. The highest BCUT2D eigenvalue weighted by molar-refractivity contribution is 7.10. The van der Waals surface area contributed by atoms with Gasteiger partial charge >= 0.3 is 0 Å². The molecule has 2 rings (SSSR count). The molecular weight excluding hydrogens is 216 g/mol. The first kappa shape index (κ1) is 11.7. The normalized spacial score (nSPS) is 16.8. The van der Waals surface area contributed by atoms with E-state index in [1.807, 2.05) is 0 Å². The quantitative estimate of drug-likeness (QED) is 0.708. The monoisotopic (exact) mass is 234 g/mol. The van der Waals surface area contributed by atoms with E-state index in [4.69, 9.17) is 4.74 Å². The van der Waals surface area contributed by atoms with E-state index in [1.54, 1.807) is 11.3 Å². The van der Waals surface area contributed by atoms with Crippen LogP contribution in [0.2, 0.25) is 0 Å². The fourth-order valence-electron chi connectivity index (χ4n) is 2.01. The van der Waals surface area contributed by atoms with E-state index in [0.717, 1.165) is 4.88 Å². The third-order valence-corrected chi connectivity index (χ3v) is 3.85. The molecule has 86 valence electrons. The van der Waals surface area contributed by atoms with Gasteiger partial charge in [0.1, 0.15) is 6.61 Å². The highest BCUT2D eigenvalue weighted by Gasteiger charge is 2.12. The van der Waals surface area contributed by atoms with E-state index >= 15 is 0 Å². The van der Waals surface area contributed by atoms with E-state index in [0.29, 0.717) is 12.7 Å². The molecule has 0 spiro atoms. The zero-order chi connectivity index (χ0) is 11.2. The Morgan fingerprint density at radius 1 is 1.38 bits per heavy atom. The van der Waals surface area contributed by atoms with Crippen LogP contribution in [0.15, 0.2) is 11.4 Å². The first-order valence-corrected chi connectivity index (χ1v) is 6.88. The molecule has 1 aliphatic rings. The minimum absolute atomic E-state index is 0.466. The van der Waals surface area contributed by atoms with E-state index < -0.39 is 0 Å². The summed E-state index contributed by atoms with van der Waals surface area (Å²) < 4.78 is 5.74. The summed E-state index contributed by atoms with van der Waals surface area (Å²) in [6, 6.07) is 2.12. The molecule has 0 atom stereocenters. The topological polar surface area (TPSA) is 9.23 Å². The van der Waals surface area contributed by atoms with Crippen molar-refractivity contribution in [2.45, 2.75) is 45.1 Å². The van der Waals surface area contributed by atoms with Crippen LogP contribution in [-0.2, 0) is 4.74 Å². The summed E-state index contributed by atoms with van der Waals surface area (Å²) >= 11 is 1.71. The zero-order valence-electron chi connectivity index (χ0n) is 9.79. The molecule has 1 fully saturated rings. The van der Waals surface area contributed by atoms with Crippen molar-refractivity contribution in [3.05, 3.63) is 21.9 Å². The molecular formula is C14H18OS. The van der Waals surface area contributed by atoms with Crippen molar-refractivity contribution >= 4 is 11.3 Å². The van der Waals surface area contributed by atoms with Gasteiger partial charge < -0.3 is 4.74 Å². The molecule has 0 bridgehead atoms. The molecule has 1 nitrogen and oxygen atoms in total. The molecule has 0 radical (unpaired) electrons. The Labute approximate surface area is 102 Å². The van der Waals surface area contributed by atoms with Gasteiger partial charge in [-0.2, -0.15) is 0 Å². The van der Waals surface area contributed by atoms with Gasteiger partial charge in [0.15, 0.2) is 0 Å². The molecule has 2 heteroatoms. The minimum Gasteiger partial charge on any atom is -0.366 e. The number of hydrogen-bond donors (Lipinski definition) is 0. The Kier molecular flexibility index (Phi) is 4.44. The molecule has 0 amide bonds. The summed E-state index contributed by atoms with van der Waals surface area (Å²) in [6.45, 7) is 2.68. The summed E-state index contributed by atoms with van der Waals surface area (Å²) in [5, 5.41) is 2.13. The molecule has 0 aromatic carbocycles. The lowest BCUT2D eigenvalue weighted by Crippen LogP contribution is -2.16. The standard InChI is InChI=1S/C14H18OS/c1-12-10-14(16-11-12)8-5-9-15-13-6-3-2-4-7-13/h10-11,13H,2-4,6-7,9H2,1H3. The Balaban J connectivity index is 1.73. The Morgan fingerprint density at radius 2 is 2.19 bits per heavy atom. The van der Waals surface area contributed by atoms with Crippen molar-refractivity contribution in [3.8, 4) is 11.8 Å². The fraction of sp³-hybridized carbons (Fsp3) is 0.571. The van der Waals surface area contributed by atoms with E-state index in [1.165, 1.54) is 37.7 Å². The van der Waals surface area contributed by atoms with Crippen LogP contribution < -0.4 is 0 Å². The van der Waals surface area contributed by atoms with Gasteiger partial charge in [-0.25, -0.2) is 0 Å². The molecule has 1 aromatic heterocycles. The van der Waals surface area contributed by atoms with Gasteiger partial charge in [0, 0.05) is 0 Å². The van der Waals surface area contributed by atoms with Crippen LogP contribution in [0.4, 0.5) is 0 Å². The van der Waals surface area contributed by atoms with Crippen molar-refractivity contribution in [1.29, 1.82) is 0 Å². The molecule has 0 unspecified atom stereocenters. The number of ether oxygens (including phenoxy) is 1. The summed E-state index contributed by atoms with van der Waals surface area (Å²) in [7, 11) is 0. The van der Waals surface area contributed by atoms with Gasteiger partial charge in [0.2, 0.25) is 0 Å². The van der Waals surface area contributed by atoms with Crippen LogP contribution in [0.5, 0.6) is 0 Å². The maximum absolute atomic E-state index is 5.74. The van der Waals surface area contributed by atoms with Gasteiger partial charge in [-0.1, -0.05) is 31.1 Å². The second-order valence-electron chi connectivity index (χ2n) is 4.36. The third kappa shape index (κ3) is 3.66. The summed E-state index contributed by atoms with van der Waals surface area (Å²) in [6.07, 6.45) is 6.93. The molecule has 0 aliphatic heterocycles. The number of aryl methyl sites for hydroxylation is 1. The first-order valence-electron chi connectivity index (χ1n) is 6.00. The highest BCUT2D eigenvalue weighted by Crippen LogP contribution is 2.19. The molecule has 1 saturated carbocycles. The lowest BCUT2D eigenvalue weighted by atomic mass is 9.98. The van der Waals surface area contributed by atoms with Crippen LogP contribution in [0.1, 0.15) is 42.5 Å². The summed E-state index contributed by atoms with van der Waals surface area (Å²) in [5.74, 6) is 6.25. The molecule has 1 heterocycles. The van der Waals surface area contributed by atoms with E-state index in [9.17, 15) is 0 Å². The average molecular weight is 234 g/mol. The van der Waals surface area contributed by atoms with E-state index in [-0.39, 0.29) is 0 Å². The van der Waals surface area contributed by atoms with Gasteiger partial charge in [-0.15, -0.1) is 11.3 Å². The van der Waals surface area contributed by atoms with Crippen molar-refractivity contribution < 1.29 is 4.74 Å². The lowest BCUT2D eigenvalue weighted by molar-refractivity contribution is 0.0497. The van der Waals surface area contributed by atoms with Crippen LogP contribution in [0, 0.1) is 18.8 Å². The first-order chi connectivity index (χ1) is 7.84. The minimum atomic E-state index is 0.466. The largest absolute Gasteiger partial charge is 0.366 e. The fourth-order valence-corrected chi connectivity index (χ4v) is 2.78. The molecule has 1 aliphatic carbocycles. The third-order valence-electron chi connectivity index (χ3n) is 2.89. The van der Waals surface area contributed by atoms with Crippen molar-refractivity contribution in [1.82, 2.24) is 0 Å². The van der Waals surface area contributed by atoms with E-state index in [2.05, 4.69) is 30.2 Å². The van der Waals surface area contributed by atoms with Crippen LogP contribution in [0.3, 0.4) is 0 Å². The van der Waals surface area contributed by atoms with Crippen LogP contribution in [-0.4, -0.2) is 12.7 Å². The molecule has 1 aromatic rings. The predicted octanol–water partition coefficient (Wildman–Crippen LogP) is 3.76. The SMILES string of the molecule is Cc1csc(C#CCOC2CCCCC2)c1. The second kappa shape index (κ2) is 6.08. The smallest absolute Gasteiger partial charge is 0.108 e. The Morgan fingerprint density at radius 3 is 2.88 bits per heavy atom. The Bertz CT molecular complexity index is 377. The van der Waals surface area contributed by atoms with Gasteiger partial charge in [-0.3, -0.25) is 0 Å². The second-order valence-corrected chi connectivity index (χ2v) is 5.27. The Hall–Kier alpha value is -0.780. The zero-order valence-corrected chi connectivity index (χ0v) is 10.6. The molecule has 0 saturated heterocycles. The molecule has 16 heavy (non-hydrogen) atoms. The van der Waals surface area contributed by atoms with Crippen molar-refractivity contribution in [2.24, 2.45) is 0 Å². The number of thiophene rings is 1. The van der Waals surface area contributed by atoms with Gasteiger partial charge in [0.05, 0.1) is 11.0 Å². The number of hydrogen-bond acceptors (Lipinski definition) is 2. The lowest BCUT2D eigenvalue weighted by Gasteiger charge is -2.20.